The maximum Gasteiger partial charge on any atom is 0.198 e. The Morgan fingerprint density at radius 1 is 0.970 bits per heavy atom. The summed E-state index contributed by atoms with van der Waals surface area (Å²) < 4.78 is 27.4. The molecule has 0 saturated carbocycles. The summed E-state index contributed by atoms with van der Waals surface area (Å²) in [6, 6.07) is 13.3. The molecule has 2 heterocycles. The summed E-state index contributed by atoms with van der Waals surface area (Å²) in [5.74, 6) is 0.338. The van der Waals surface area contributed by atoms with Crippen molar-refractivity contribution >= 4 is 15.5 Å². The van der Waals surface area contributed by atoms with Gasteiger partial charge in [0.2, 0.25) is 0 Å². The molecule has 4 rings (SSSR count). The fraction of sp³-hybridized carbons (Fsp3) is 0.458. The van der Waals surface area contributed by atoms with E-state index in [2.05, 4.69) is 64.3 Å². The van der Waals surface area contributed by atoms with Crippen LogP contribution in [0.1, 0.15) is 41.9 Å². The lowest BCUT2D eigenvalue weighted by Gasteiger charge is -2.40. The van der Waals surface area contributed by atoms with Gasteiger partial charge < -0.3 is 4.90 Å². The molecule has 33 heavy (non-hydrogen) atoms. The van der Waals surface area contributed by atoms with Gasteiger partial charge in [-0.05, 0) is 66.9 Å². The van der Waals surface area contributed by atoms with Crippen LogP contribution in [-0.4, -0.2) is 59.7 Å². The highest BCUT2D eigenvalue weighted by Gasteiger charge is 2.30. The van der Waals surface area contributed by atoms with Crippen LogP contribution in [-0.2, 0) is 15.7 Å². The summed E-state index contributed by atoms with van der Waals surface area (Å²) >= 11 is 0. The first-order chi connectivity index (χ1) is 15.8. The molecule has 0 bridgehead atoms. The summed E-state index contributed by atoms with van der Waals surface area (Å²) in [7, 11) is -3.55. The second kappa shape index (κ2) is 9.61. The van der Waals surface area contributed by atoms with Gasteiger partial charge in [0.05, 0.1) is 10.9 Å². The summed E-state index contributed by atoms with van der Waals surface area (Å²) in [5, 5.41) is 12.1. The summed E-state index contributed by atoms with van der Waals surface area (Å²) in [4.78, 5) is 5.07. The third kappa shape index (κ3) is 4.94. The number of benzene rings is 2. The summed E-state index contributed by atoms with van der Waals surface area (Å²) in [6.45, 7) is 11.9. The minimum atomic E-state index is -3.55. The Morgan fingerprint density at radius 3 is 2.33 bits per heavy atom. The first-order valence-electron chi connectivity index (χ1n) is 11.4. The Bertz CT molecular complexity index is 1200. The minimum Gasteiger partial charge on any atom is -0.369 e. The highest BCUT2D eigenvalue weighted by molar-refractivity contribution is 7.90. The van der Waals surface area contributed by atoms with Crippen LogP contribution < -0.4 is 4.90 Å². The van der Waals surface area contributed by atoms with E-state index in [1.54, 1.807) is 24.3 Å². The first kappa shape index (κ1) is 23.4. The van der Waals surface area contributed by atoms with Crippen molar-refractivity contribution in [2.45, 2.75) is 50.9 Å². The minimum absolute atomic E-state index is 0.0334. The molecular weight excluding hydrogens is 436 g/mol. The van der Waals surface area contributed by atoms with Crippen molar-refractivity contribution in [2.75, 3.05) is 31.1 Å². The molecule has 1 aliphatic heterocycles. The molecule has 1 fully saturated rings. The van der Waals surface area contributed by atoms with Crippen LogP contribution in [0.15, 0.2) is 47.4 Å². The van der Waals surface area contributed by atoms with E-state index < -0.39 is 9.84 Å². The Balaban J connectivity index is 1.49. The third-order valence-corrected chi connectivity index (χ3v) is 8.16. The quantitative estimate of drug-likeness (QED) is 0.526. The van der Waals surface area contributed by atoms with Gasteiger partial charge in [-0.2, -0.15) is 0 Å². The number of hydrogen-bond donors (Lipinski definition) is 0. The normalized spacial score (nSPS) is 16.2. The van der Waals surface area contributed by atoms with Gasteiger partial charge in [-0.25, -0.2) is 13.1 Å². The fourth-order valence-electron chi connectivity index (χ4n) is 4.48. The van der Waals surface area contributed by atoms with Gasteiger partial charge in [-0.15, -0.1) is 5.10 Å². The van der Waals surface area contributed by atoms with Crippen LogP contribution >= 0.6 is 0 Å². The molecule has 9 heteroatoms. The number of tetrazole rings is 1. The lowest BCUT2D eigenvalue weighted by atomic mass is 10.1. The van der Waals surface area contributed by atoms with Crippen LogP contribution in [0.4, 0.5) is 5.69 Å². The van der Waals surface area contributed by atoms with Gasteiger partial charge in [0.15, 0.2) is 21.5 Å². The Labute approximate surface area is 196 Å². The molecule has 1 atom stereocenters. The number of rotatable bonds is 7. The zero-order valence-corrected chi connectivity index (χ0v) is 20.6. The van der Waals surface area contributed by atoms with E-state index >= 15 is 0 Å². The second-order valence-corrected chi connectivity index (χ2v) is 10.7. The number of aromatic nitrogens is 4. The van der Waals surface area contributed by atoms with Crippen molar-refractivity contribution in [3.63, 3.8) is 0 Å². The van der Waals surface area contributed by atoms with E-state index in [4.69, 9.17) is 0 Å². The van der Waals surface area contributed by atoms with Gasteiger partial charge >= 0.3 is 0 Å². The van der Waals surface area contributed by atoms with Crippen molar-refractivity contribution in [1.29, 1.82) is 0 Å². The van der Waals surface area contributed by atoms with Crippen molar-refractivity contribution in [1.82, 2.24) is 25.1 Å². The third-order valence-electron chi connectivity index (χ3n) is 6.59. The number of nitrogens with zero attached hydrogens (tertiary/aromatic N) is 6. The molecule has 0 spiro atoms. The molecule has 176 valence electrons. The number of hydrogen-bond acceptors (Lipinski definition) is 7. The summed E-state index contributed by atoms with van der Waals surface area (Å²) in [5.41, 5.74) is 4.93. The SMILES string of the molecule is CCC(c1nnnn1CS(=O)(=O)c1ccc(C)cc1)N1CCN(c2cccc(C)c2C)CC1. The van der Waals surface area contributed by atoms with Crippen molar-refractivity contribution < 1.29 is 8.42 Å². The van der Waals surface area contributed by atoms with Crippen molar-refractivity contribution in [3.05, 3.63) is 65.0 Å². The largest absolute Gasteiger partial charge is 0.369 e. The van der Waals surface area contributed by atoms with Crippen LogP contribution in [0.3, 0.4) is 0 Å². The average Bonchev–Trinajstić information content (AvgIpc) is 3.24. The van der Waals surface area contributed by atoms with Crippen LogP contribution in [0.5, 0.6) is 0 Å². The van der Waals surface area contributed by atoms with Gasteiger partial charge in [0.25, 0.3) is 0 Å². The second-order valence-electron chi connectivity index (χ2n) is 8.76. The highest BCUT2D eigenvalue weighted by atomic mass is 32.2. The molecule has 1 aromatic heterocycles. The zero-order chi connectivity index (χ0) is 23.6. The highest BCUT2D eigenvalue weighted by Crippen LogP contribution is 2.28. The van der Waals surface area contributed by atoms with E-state index in [9.17, 15) is 8.42 Å². The average molecular weight is 469 g/mol. The van der Waals surface area contributed by atoms with Crippen molar-refractivity contribution in [3.8, 4) is 0 Å². The molecular formula is C24H32N6O2S. The van der Waals surface area contributed by atoms with Crippen molar-refractivity contribution in [2.24, 2.45) is 0 Å². The topological polar surface area (TPSA) is 84.2 Å². The van der Waals surface area contributed by atoms with Crippen LogP contribution in [0.2, 0.25) is 0 Å². The van der Waals surface area contributed by atoms with E-state index in [0.29, 0.717) is 5.82 Å². The van der Waals surface area contributed by atoms with E-state index in [0.717, 1.165) is 38.2 Å². The molecule has 2 aromatic carbocycles. The predicted molar refractivity (Wildman–Crippen MR) is 129 cm³/mol. The standard InChI is InChI=1S/C24H32N6O2S/c1-5-22(28-13-15-29(16-14-28)23-8-6-7-19(3)20(23)4)24-25-26-27-30(24)17-33(31,32)21-11-9-18(2)10-12-21/h6-12,22H,5,13-17H2,1-4H3. The van der Waals surface area contributed by atoms with Gasteiger partial charge in [-0.3, -0.25) is 4.90 Å². The Morgan fingerprint density at radius 2 is 1.67 bits per heavy atom. The predicted octanol–water partition coefficient (Wildman–Crippen LogP) is 3.30. The summed E-state index contributed by atoms with van der Waals surface area (Å²) in [6.07, 6.45) is 0.800. The van der Waals surface area contributed by atoms with Gasteiger partial charge in [0.1, 0.15) is 0 Å². The molecule has 0 radical (unpaired) electrons. The van der Waals surface area contributed by atoms with E-state index in [1.807, 2.05) is 6.92 Å². The van der Waals surface area contributed by atoms with E-state index in [-0.39, 0.29) is 16.8 Å². The molecule has 0 aliphatic carbocycles. The molecule has 3 aromatic rings. The molecule has 1 saturated heterocycles. The number of piperazine rings is 1. The maximum atomic E-state index is 13.0. The lowest BCUT2D eigenvalue weighted by molar-refractivity contribution is 0.170. The molecule has 1 unspecified atom stereocenters. The zero-order valence-electron chi connectivity index (χ0n) is 19.8. The molecule has 0 N–H and O–H groups in total. The number of sulfone groups is 1. The van der Waals surface area contributed by atoms with Gasteiger partial charge in [0, 0.05) is 31.9 Å². The number of anilines is 1. The molecule has 1 aliphatic rings. The Hall–Kier alpha value is -2.78. The molecule has 8 nitrogen and oxygen atoms in total. The molecule has 0 amide bonds. The maximum absolute atomic E-state index is 13.0. The monoisotopic (exact) mass is 468 g/mol. The van der Waals surface area contributed by atoms with E-state index in [1.165, 1.54) is 21.5 Å². The van der Waals surface area contributed by atoms with Gasteiger partial charge in [-0.1, -0.05) is 36.8 Å². The first-order valence-corrected chi connectivity index (χ1v) is 13.1. The smallest absolute Gasteiger partial charge is 0.198 e. The number of aryl methyl sites for hydroxylation is 2. The Kier molecular flexibility index (Phi) is 6.81. The fourth-order valence-corrected chi connectivity index (χ4v) is 5.69. The lowest BCUT2D eigenvalue weighted by Crippen LogP contribution is -2.48. The van der Waals surface area contributed by atoms with Crippen LogP contribution in [0.25, 0.3) is 0 Å². The van der Waals surface area contributed by atoms with Crippen LogP contribution in [0, 0.1) is 20.8 Å².